The van der Waals surface area contributed by atoms with Crippen molar-refractivity contribution < 1.29 is 9.53 Å². The van der Waals surface area contributed by atoms with Crippen molar-refractivity contribution in [1.82, 2.24) is 5.32 Å². The van der Waals surface area contributed by atoms with E-state index in [-0.39, 0.29) is 17.4 Å². The summed E-state index contributed by atoms with van der Waals surface area (Å²) in [6.07, 6.45) is 4.46. The summed E-state index contributed by atoms with van der Waals surface area (Å²) in [5.74, 6) is 1.53. The highest BCUT2D eigenvalue weighted by Crippen LogP contribution is 2.49. The molecule has 1 atom stereocenters. The summed E-state index contributed by atoms with van der Waals surface area (Å²) < 4.78 is 5.94. The summed E-state index contributed by atoms with van der Waals surface area (Å²) in [5, 5.41) is 3.81. The fourth-order valence-electron chi connectivity index (χ4n) is 4.44. The van der Waals surface area contributed by atoms with Crippen molar-refractivity contribution in [2.45, 2.75) is 44.1 Å². The number of ether oxygens (including phenoxy) is 1. The highest BCUT2D eigenvalue weighted by Gasteiger charge is 2.44. The normalized spacial score (nSPS) is 25.4. The Labute approximate surface area is 159 Å². The molecule has 4 heteroatoms. The van der Waals surface area contributed by atoms with Crippen LogP contribution in [0.3, 0.4) is 0 Å². The predicted molar refractivity (Wildman–Crippen MR) is 104 cm³/mol. The van der Waals surface area contributed by atoms with Gasteiger partial charge in [-0.05, 0) is 68.9 Å². The minimum Gasteiger partial charge on any atom is -0.492 e. The van der Waals surface area contributed by atoms with E-state index in [1.54, 1.807) is 24.3 Å². The third-order valence-corrected chi connectivity index (χ3v) is 6.37. The van der Waals surface area contributed by atoms with E-state index in [1.165, 1.54) is 5.56 Å². The maximum absolute atomic E-state index is 12.4. The molecule has 1 aliphatic heterocycles. The quantitative estimate of drug-likeness (QED) is 0.828. The van der Waals surface area contributed by atoms with Crippen LogP contribution in [0.1, 0.15) is 48.5 Å². The Kier molecular flexibility index (Phi) is 4.66. The van der Waals surface area contributed by atoms with Crippen molar-refractivity contribution in [1.29, 1.82) is 0 Å². The van der Waals surface area contributed by atoms with E-state index in [1.807, 2.05) is 6.07 Å². The van der Waals surface area contributed by atoms with E-state index in [2.05, 4.69) is 30.4 Å². The minimum atomic E-state index is -0.0241. The van der Waals surface area contributed by atoms with Crippen LogP contribution >= 0.6 is 11.6 Å². The van der Waals surface area contributed by atoms with E-state index >= 15 is 0 Å². The van der Waals surface area contributed by atoms with Gasteiger partial charge in [0, 0.05) is 27.6 Å². The minimum absolute atomic E-state index is 0.0241. The predicted octanol–water partition coefficient (Wildman–Crippen LogP) is 4.98. The maximum Gasteiger partial charge on any atom is 0.251 e. The first-order valence-corrected chi connectivity index (χ1v) is 9.74. The zero-order valence-corrected chi connectivity index (χ0v) is 15.8. The Hall–Kier alpha value is -2.00. The molecule has 26 heavy (non-hydrogen) atoms. The second kappa shape index (κ2) is 6.96. The molecular formula is C22H24ClNO2. The standard InChI is InChI=1S/C22H24ClNO2/c1-15(24-21(25)17-6-8-18(23)9-7-17)16-10-12-22(13-11-16)14-26-20-5-3-2-4-19(20)22/h2-9,15-16H,10-14H2,1H3,(H,24,25)/t15-,16-,22+/m1/s1. The number of hydrogen-bond acceptors (Lipinski definition) is 2. The Morgan fingerprint density at radius 3 is 2.58 bits per heavy atom. The van der Waals surface area contributed by atoms with Crippen molar-refractivity contribution in [3.05, 3.63) is 64.7 Å². The summed E-state index contributed by atoms with van der Waals surface area (Å²) in [6, 6.07) is 15.6. The first-order chi connectivity index (χ1) is 12.6. The molecule has 0 radical (unpaired) electrons. The Bertz CT molecular complexity index is 794. The van der Waals surface area contributed by atoms with Gasteiger partial charge in [0.15, 0.2) is 0 Å². The summed E-state index contributed by atoms with van der Waals surface area (Å²) in [6.45, 7) is 2.92. The molecule has 1 N–H and O–H groups in total. The van der Waals surface area contributed by atoms with Crippen molar-refractivity contribution in [3.8, 4) is 5.75 Å². The van der Waals surface area contributed by atoms with Crippen molar-refractivity contribution in [2.24, 2.45) is 5.92 Å². The zero-order chi connectivity index (χ0) is 18.1. The van der Waals surface area contributed by atoms with Gasteiger partial charge in [-0.1, -0.05) is 29.8 Å². The smallest absolute Gasteiger partial charge is 0.251 e. The van der Waals surface area contributed by atoms with Gasteiger partial charge < -0.3 is 10.1 Å². The third kappa shape index (κ3) is 3.21. The van der Waals surface area contributed by atoms with E-state index in [4.69, 9.17) is 16.3 Å². The van der Waals surface area contributed by atoms with Crippen LogP contribution in [0.2, 0.25) is 5.02 Å². The average Bonchev–Trinajstić information content (AvgIpc) is 3.01. The molecule has 1 spiro atoms. The molecule has 2 aliphatic rings. The largest absolute Gasteiger partial charge is 0.492 e. The number of para-hydroxylation sites is 1. The molecule has 0 saturated heterocycles. The lowest BCUT2D eigenvalue weighted by atomic mass is 9.66. The van der Waals surface area contributed by atoms with Crippen molar-refractivity contribution in [2.75, 3.05) is 6.61 Å². The second-order valence-electron chi connectivity index (χ2n) is 7.67. The highest BCUT2D eigenvalue weighted by atomic mass is 35.5. The molecular weight excluding hydrogens is 346 g/mol. The van der Waals surface area contributed by atoms with Gasteiger partial charge in [-0.3, -0.25) is 4.79 Å². The summed E-state index contributed by atoms with van der Waals surface area (Å²) in [4.78, 5) is 12.4. The van der Waals surface area contributed by atoms with Crippen LogP contribution in [0.4, 0.5) is 0 Å². The molecule has 1 saturated carbocycles. The second-order valence-corrected chi connectivity index (χ2v) is 8.11. The molecule has 136 valence electrons. The molecule has 3 nitrogen and oxygen atoms in total. The maximum atomic E-state index is 12.4. The number of carbonyl (C=O) groups is 1. The van der Waals surface area contributed by atoms with Crippen molar-refractivity contribution >= 4 is 17.5 Å². The molecule has 1 heterocycles. The third-order valence-electron chi connectivity index (χ3n) is 6.12. The first-order valence-electron chi connectivity index (χ1n) is 9.36. The van der Waals surface area contributed by atoms with Crippen LogP contribution < -0.4 is 10.1 Å². The fourth-order valence-corrected chi connectivity index (χ4v) is 4.57. The summed E-state index contributed by atoms with van der Waals surface area (Å²) in [7, 11) is 0. The van der Waals surface area contributed by atoms with Crippen LogP contribution in [0.5, 0.6) is 5.75 Å². The molecule has 0 unspecified atom stereocenters. The highest BCUT2D eigenvalue weighted by molar-refractivity contribution is 6.30. The Morgan fingerprint density at radius 1 is 1.15 bits per heavy atom. The van der Waals surface area contributed by atoms with Gasteiger partial charge in [0.1, 0.15) is 5.75 Å². The van der Waals surface area contributed by atoms with Crippen LogP contribution in [-0.4, -0.2) is 18.6 Å². The molecule has 2 aromatic carbocycles. The van der Waals surface area contributed by atoms with Crippen molar-refractivity contribution in [3.63, 3.8) is 0 Å². The van der Waals surface area contributed by atoms with Crippen LogP contribution in [0.15, 0.2) is 48.5 Å². The van der Waals surface area contributed by atoms with E-state index in [0.717, 1.165) is 38.0 Å². The van der Waals surface area contributed by atoms with Gasteiger partial charge in [0.2, 0.25) is 0 Å². The van der Waals surface area contributed by atoms with Gasteiger partial charge >= 0.3 is 0 Å². The molecule has 1 aliphatic carbocycles. The molecule has 0 aromatic heterocycles. The summed E-state index contributed by atoms with van der Waals surface area (Å²) in [5.41, 5.74) is 2.20. The Balaban J connectivity index is 1.37. The zero-order valence-electron chi connectivity index (χ0n) is 15.0. The number of benzene rings is 2. The number of rotatable bonds is 3. The SMILES string of the molecule is C[C@@H](NC(=O)c1ccc(Cl)cc1)[C@H]1CC[C@@]2(CC1)COc1ccccc12. The number of hydrogen-bond donors (Lipinski definition) is 1. The molecule has 0 bridgehead atoms. The van der Waals surface area contributed by atoms with E-state index < -0.39 is 0 Å². The van der Waals surface area contributed by atoms with Gasteiger partial charge in [-0.2, -0.15) is 0 Å². The lowest BCUT2D eigenvalue weighted by Crippen LogP contribution is -2.42. The van der Waals surface area contributed by atoms with E-state index in [0.29, 0.717) is 16.5 Å². The average molecular weight is 370 g/mol. The van der Waals surface area contributed by atoms with Crippen LogP contribution in [0.25, 0.3) is 0 Å². The Morgan fingerprint density at radius 2 is 1.85 bits per heavy atom. The molecule has 4 rings (SSSR count). The first kappa shape index (κ1) is 17.4. The van der Waals surface area contributed by atoms with Crippen LogP contribution in [0, 0.1) is 5.92 Å². The fraction of sp³-hybridized carbons (Fsp3) is 0.409. The topological polar surface area (TPSA) is 38.3 Å². The lowest BCUT2D eigenvalue weighted by Gasteiger charge is -2.38. The van der Waals surface area contributed by atoms with Gasteiger partial charge in [0.25, 0.3) is 5.91 Å². The van der Waals surface area contributed by atoms with Gasteiger partial charge in [-0.15, -0.1) is 0 Å². The van der Waals surface area contributed by atoms with Crippen LogP contribution in [-0.2, 0) is 5.41 Å². The lowest BCUT2D eigenvalue weighted by molar-refractivity contribution is 0.0905. The monoisotopic (exact) mass is 369 g/mol. The molecule has 2 aromatic rings. The van der Waals surface area contributed by atoms with E-state index in [9.17, 15) is 4.79 Å². The number of amides is 1. The molecule has 1 fully saturated rings. The van der Waals surface area contributed by atoms with Gasteiger partial charge in [0.05, 0.1) is 6.61 Å². The number of fused-ring (bicyclic) bond motifs is 2. The number of halogens is 1. The number of carbonyl (C=O) groups excluding carboxylic acids is 1. The van der Waals surface area contributed by atoms with Gasteiger partial charge in [-0.25, -0.2) is 0 Å². The summed E-state index contributed by atoms with van der Waals surface area (Å²) >= 11 is 5.90. The number of nitrogens with one attached hydrogen (secondary N) is 1. The molecule has 1 amide bonds.